The zero-order valence-corrected chi connectivity index (χ0v) is 11.2. The van der Waals surface area contributed by atoms with Crippen molar-refractivity contribution in [1.29, 1.82) is 0 Å². The Hall–Kier alpha value is -1.58. The molecule has 0 heterocycles. The molecule has 4 heteroatoms. The summed E-state index contributed by atoms with van der Waals surface area (Å²) in [7, 11) is 0. The Bertz CT molecular complexity index is 465. The minimum Gasteiger partial charge on any atom is -0.459 e. The molecule has 2 N–H and O–H groups in total. The smallest absolute Gasteiger partial charge is 0.341 e. The second-order valence-corrected chi connectivity index (χ2v) is 5.22. The van der Waals surface area contributed by atoms with Crippen molar-refractivity contribution < 1.29 is 13.9 Å². The molecule has 3 nitrogen and oxygen atoms in total. The molecule has 2 rings (SSSR count). The molecule has 104 valence electrons. The van der Waals surface area contributed by atoms with E-state index in [-0.39, 0.29) is 11.7 Å². The molecule has 19 heavy (non-hydrogen) atoms. The van der Waals surface area contributed by atoms with Gasteiger partial charge in [-0.05, 0) is 50.3 Å². The van der Waals surface area contributed by atoms with Gasteiger partial charge in [-0.1, -0.05) is 12.8 Å². The Kier molecular flexibility index (Phi) is 4.40. The van der Waals surface area contributed by atoms with E-state index in [2.05, 4.69) is 0 Å². The van der Waals surface area contributed by atoms with Gasteiger partial charge in [0, 0.05) is 5.69 Å². The van der Waals surface area contributed by atoms with E-state index in [1.165, 1.54) is 25.0 Å². The van der Waals surface area contributed by atoms with Crippen LogP contribution in [0.2, 0.25) is 0 Å². The van der Waals surface area contributed by atoms with Crippen molar-refractivity contribution >= 4 is 11.7 Å². The van der Waals surface area contributed by atoms with Gasteiger partial charge < -0.3 is 10.5 Å². The summed E-state index contributed by atoms with van der Waals surface area (Å²) in [5.74, 6) is -1.13. The number of esters is 1. The van der Waals surface area contributed by atoms with Crippen molar-refractivity contribution in [3.05, 3.63) is 29.1 Å². The van der Waals surface area contributed by atoms with E-state index in [9.17, 15) is 9.18 Å². The normalized spacial score (nSPS) is 16.9. The fourth-order valence-corrected chi connectivity index (χ4v) is 2.52. The summed E-state index contributed by atoms with van der Waals surface area (Å²) < 4.78 is 19.3. The molecule has 0 aromatic heterocycles. The number of rotatable bonds is 2. The predicted molar refractivity (Wildman–Crippen MR) is 72.5 cm³/mol. The molecule has 0 unspecified atom stereocenters. The van der Waals surface area contributed by atoms with Gasteiger partial charge in [-0.25, -0.2) is 9.18 Å². The van der Waals surface area contributed by atoms with Crippen LogP contribution in [0.15, 0.2) is 12.1 Å². The highest BCUT2D eigenvalue weighted by Gasteiger charge is 2.21. The van der Waals surface area contributed by atoms with E-state index in [0.717, 1.165) is 25.7 Å². The number of ether oxygens (including phenoxy) is 1. The minimum atomic E-state index is -0.597. The molecule has 1 aliphatic rings. The monoisotopic (exact) mass is 265 g/mol. The third-order valence-corrected chi connectivity index (χ3v) is 3.57. The molecule has 1 aromatic carbocycles. The van der Waals surface area contributed by atoms with Crippen LogP contribution >= 0.6 is 0 Å². The lowest BCUT2D eigenvalue weighted by atomic mass is 10.1. The van der Waals surface area contributed by atoms with Crippen molar-refractivity contribution in [3.63, 3.8) is 0 Å². The zero-order valence-electron chi connectivity index (χ0n) is 11.2. The Balaban J connectivity index is 2.11. The highest BCUT2D eigenvalue weighted by atomic mass is 19.1. The Morgan fingerprint density at radius 1 is 1.26 bits per heavy atom. The fourth-order valence-electron chi connectivity index (χ4n) is 2.52. The highest BCUT2D eigenvalue weighted by Crippen LogP contribution is 2.23. The number of anilines is 1. The second-order valence-electron chi connectivity index (χ2n) is 5.22. The molecule has 0 spiro atoms. The number of carbonyl (C=O) groups excluding carboxylic acids is 1. The molecule has 0 atom stereocenters. The van der Waals surface area contributed by atoms with E-state index in [4.69, 9.17) is 10.5 Å². The molecule has 1 saturated carbocycles. The molecule has 1 fully saturated rings. The molecule has 1 aliphatic carbocycles. The third kappa shape index (κ3) is 3.46. The van der Waals surface area contributed by atoms with Crippen molar-refractivity contribution in [2.24, 2.45) is 0 Å². The summed E-state index contributed by atoms with van der Waals surface area (Å²) in [6, 6.07) is 2.86. The van der Waals surface area contributed by atoms with E-state index in [0.29, 0.717) is 11.3 Å². The van der Waals surface area contributed by atoms with Gasteiger partial charge in [-0.15, -0.1) is 0 Å². The number of nitrogen functional groups attached to an aromatic ring is 1. The maximum atomic E-state index is 13.9. The molecule has 1 aromatic rings. The summed E-state index contributed by atoms with van der Waals surface area (Å²) in [6.45, 7) is 1.59. The Labute approximate surface area is 112 Å². The lowest BCUT2D eigenvalue weighted by Gasteiger charge is -2.16. The average Bonchev–Trinajstić information content (AvgIpc) is 2.62. The summed E-state index contributed by atoms with van der Waals surface area (Å²) >= 11 is 0. The average molecular weight is 265 g/mol. The first kappa shape index (κ1) is 13.8. The standard InChI is InChI=1S/C15H20FNO2/c1-10-8-11(17)9-13(14(10)16)15(18)19-12-6-4-2-3-5-7-12/h8-9,12H,2-7,17H2,1H3. The third-order valence-electron chi connectivity index (χ3n) is 3.57. The quantitative estimate of drug-likeness (QED) is 0.505. The maximum Gasteiger partial charge on any atom is 0.341 e. The van der Waals surface area contributed by atoms with Crippen LogP contribution < -0.4 is 5.73 Å². The highest BCUT2D eigenvalue weighted by molar-refractivity contribution is 5.91. The lowest BCUT2D eigenvalue weighted by molar-refractivity contribution is 0.0262. The lowest BCUT2D eigenvalue weighted by Crippen LogP contribution is -2.19. The number of halogens is 1. The van der Waals surface area contributed by atoms with Gasteiger partial charge in [0.05, 0.1) is 5.56 Å². The summed E-state index contributed by atoms with van der Waals surface area (Å²) in [4.78, 5) is 12.0. The van der Waals surface area contributed by atoms with Crippen LogP contribution in [0.4, 0.5) is 10.1 Å². The summed E-state index contributed by atoms with van der Waals surface area (Å²) in [5.41, 5.74) is 6.35. The van der Waals surface area contributed by atoms with Crippen molar-refractivity contribution in [2.75, 3.05) is 5.73 Å². The van der Waals surface area contributed by atoms with E-state index in [1.54, 1.807) is 6.92 Å². The van der Waals surface area contributed by atoms with Crippen LogP contribution in [0.25, 0.3) is 0 Å². The Morgan fingerprint density at radius 3 is 2.53 bits per heavy atom. The zero-order chi connectivity index (χ0) is 13.8. The van der Waals surface area contributed by atoms with E-state index < -0.39 is 11.8 Å². The van der Waals surface area contributed by atoms with Crippen LogP contribution in [-0.4, -0.2) is 12.1 Å². The molecular weight excluding hydrogens is 245 g/mol. The number of nitrogens with two attached hydrogens (primary N) is 1. The van der Waals surface area contributed by atoms with Crippen molar-refractivity contribution in [2.45, 2.75) is 51.6 Å². The molecule has 0 amide bonds. The SMILES string of the molecule is Cc1cc(N)cc(C(=O)OC2CCCCCC2)c1F. The van der Waals surface area contributed by atoms with Crippen molar-refractivity contribution in [3.8, 4) is 0 Å². The number of carbonyl (C=O) groups is 1. The van der Waals surface area contributed by atoms with Gasteiger partial charge in [0.15, 0.2) is 0 Å². The van der Waals surface area contributed by atoms with Gasteiger partial charge in [0.1, 0.15) is 11.9 Å². The van der Waals surface area contributed by atoms with Gasteiger partial charge in [0.25, 0.3) is 0 Å². The molecule has 0 saturated heterocycles. The fraction of sp³-hybridized carbons (Fsp3) is 0.533. The van der Waals surface area contributed by atoms with Gasteiger partial charge >= 0.3 is 5.97 Å². The summed E-state index contributed by atoms with van der Waals surface area (Å²) in [6.07, 6.45) is 6.14. The number of hydrogen-bond donors (Lipinski definition) is 1. The molecule has 0 radical (unpaired) electrons. The molecular formula is C15H20FNO2. The molecule has 0 aliphatic heterocycles. The van der Waals surface area contributed by atoms with Gasteiger partial charge in [-0.3, -0.25) is 0 Å². The van der Waals surface area contributed by atoms with E-state index in [1.807, 2.05) is 0 Å². The van der Waals surface area contributed by atoms with Crippen LogP contribution in [0.3, 0.4) is 0 Å². The van der Waals surface area contributed by atoms with E-state index >= 15 is 0 Å². The summed E-state index contributed by atoms with van der Waals surface area (Å²) in [5, 5.41) is 0. The Morgan fingerprint density at radius 2 is 1.89 bits per heavy atom. The van der Waals surface area contributed by atoms with Crippen LogP contribution in [0.1, 0.15) is 54.4 Å². The second kappa shape index (κ2) is 6.04. The van der Waals surface area contributed by atoms with Crippen LogP contribution in [0, 0.1) is 12.7 Å². The van der Waals surface area contributed by atoms with Crippen LogP contribution in [-0.2, 0) is 4.74 Å². The number of hydrogen-bond acceptors (Lipinski definition) is 3. The largest absolute Gasteiger partial charge is 0.459 e. The number of benzene rings is 1. The first-order valence-corrected chi connectivity index (χ1v) is 6.84. The molecule has 0 bridgehead atoms. The predicted octanol–water partition coefficient (Wildman–Crippen LogP) is 3.60. The number of aryl methyl sites for hydroxylation is 1. The minimum absolute atomic E-state index is 0.0539. The van der Waals surface area contributed by atoms with Gasteiger partial charge in [-0.2, -0.15) is 0 Å². The maximum absolute atomic E-state index is 13.9. The first-order valence-electron chi connectivity index (χ1n) is 6.84. The van der Waals surface area contributed by atoms with Crippen LogP contribution in [0.5, 0.6) is 0 Å². The van der Waals surface area contributed by atoms with Gasteiger partial charge in [0.2, 0.25) is 0 Å². The van der Waals surface area contributed by atoms with Crippen molar-refractivity contribution in [1.82, 2.24) is 0 Å². The topological polar surface area (TPSA) is 52.3 Å². The first-order chi connectivity index (χ1) is 9.08.